The van der Waals surface area contributed by atoms with E-state index in [4.69, 9.17) is 4.74 Å². The van der Waals surface area contributed by atoms with E-state index in [2.05, 4.69) is 15.6 Å². The first kappa shape index (κ1) is 16.5. The summed E-state index contributed by atoms with van der Waals surface area (Å²) in [7, 11) is 1.24. The van der Waals surface area contributed by atoms with Crippen molar-refractivity contribution in [1.82, 2.24) is 10.9 Å². The Morgan fingerprint density at radius 3 is 2.48 bits per heavy atom. The average molecular weight is 294 g/mol. The number of hydrogen-bond acceptors (Lipinski definition) is 5. The van der Waals surface area contributed by atoms with Gasteiger partial charge in [0, 0.05) is 6.42 Å². The van der Waals surface area contributed by atoms with Crippen LogP contribution in [0.3, 0.4) is 0 Å². The van der Waals surface area contributed by atoms with Crippen molar-refractivity contribution in [3.05, 3.63) is 29.8 Å². The van der Waals surface area contributed by atoms with Crippen molar-refractivity contribution in [2.45, 2.75) is 19.8 Å². The number of rotatable bonds is 6. The van der Waals surface area contributed by atoms with E-state index < -0.39 is 17.8 Å². The van der Waals surface area contributed by atoms with Crippen molar-refractivity contribution in [1.29, 1.82) is 0 Å². The number of hydrazine groups is 1. The molecule has 2 amide bonds. The summed E-state index contributed by atoms with van der Waals surface area (Å²) in [5, 5.41) is 0. The molecule has 0 spiro atoms. The maximum absolute atomic E-state index is 11.5. The van der Waals surface area contributed by atoms with Crippen LogP contribution in [0.25, 0.3) is 0 Å². The molecule has 7 nitrogen and oxygen atoms in total. The Hall–Kier alpha value is -2.57. The van der Waals surface area contributed by atoms with E-state index in [9.17, 15) is 14.4 Å². The van der Waals surface area contributed by atoms with Gasteiger partial charge in [0.15, 0.2) is 6.61 Å². The highest BCUT2D eigenvalue weighted by molar-refractivity contribution is 5.84. The van der Waals surface area contributed by atoms with Crippen LogP contribution in [0.1, 0.15) is 18.4 Å². The van der Waals surface area contributed by atoms with Gasteiger partial charge in [-0.05, 0) is 24.6 Å². The average Bonchev–Trinajstić information content (AvgIpc) is 2.48. The molecule has 0 saturated heterocycles. The summed E-state index contributed by atoms with van der Waals surface area (Å²) in [4.78, 5) is 33.6. The molecule has 1 rings (SSSR count). The second kappa shape index (κ2) is 8.57. The molecule has 2 N–H and O–H groups in total. The Bertz CT molecular complexity index is 516. The number of esters is 1. The zero-order valence-electron chi connectivity index (χ0n) is 12.0. The van der Waals surface area contributed by atoms with Crippen molar-refractivity contribution < 1.29 is 23.9 Å². The van der Waals surface area contributed by atoms with Crippen molar-refractivity contribution >= 4 is 17.8 Å². The summed E-state index contributed by atoms with van der Waals surface area (Å²) >= 11 is 0. The molecule has 0 aromatic heterocycles. The Kier molecular flexibility index (Phi) is 6.73. The third-order valence-corrected chi connectivity index (χ3v) is 2.48. The monoisotopic (exact) mass is 294 g/mol. The normalized spacial score (nSPS) is 9.62. The van der Waals surface area contributed by atoms with Gasteiger partial charge < -0.3 is 9.47 Å². The van der Waals surface area contributed by atoms with Crippen molar-refractivity contribution in [3.8, 4) is 5.75 Å². The standard InChI is InChI=1S/C14H18N2O5/c1-10-4-3-5-11(8-10)21-9-13(18)16-15-12(17)6-7-14(19)20-2/h3-5,8H,6-7,9H2,1-2H3,(H,15,17)(H,16,18). The van der Waals surface area contributed by atoms with Crippen LogP contribution < -0.4 is 15.6 Å². The molecule has 7 heteroatoms. The molecule has 0 aliphatic heterocycles. The topological polar surface area (TPSA) is 93.7 Å². The molecular formula is C14H18N2O5. The van der Waals surface area contributed by atoms with Crippen molar-refractivity contribution in [2.24, 2.45) is 0 Å². The number of benzene rings is 1. The molecule has 0 aliphatic carbocycles. The number of nitrogens with one attached hydrogen (secondary N) is 2. The first-order valence-electron chi connectivity index (χ1n) is 6.35. The molecule has 0 saturated carbocycles. The molecule has 0 unspecified atom stereocenters. The zero-order valence-corrected chi connectivity index (χ0v) is 12.0. The summed E-state index contributed by atoms with van der Waals surface area (Å²) in [5.74, 6) is -0.895. The van der Waals surface area contributed by atoms with Gasteiger partial charge in [-0.2, -0.15) is 0 Å². The van der Waals surface area contributed by atoms with Gasteiger partial charge in [-0.15, -0.1) is 0 Å². The molecule has 1 aromatic carbocycles. The number of ether oxygens (including phenoxy) is 2. The highest BCUT2D eigenvalue weighted by Gasteiger charge is 2.08. The maximum atomic E-state index is 11.5. The predicted octanol–water partition coefficient (Wildman–Crippen LogP) is 0.474. The highest BCUT2D eigenvalue weighted by atomic mass is 16.5. The largest absolute Gasteiger partial charge is 0.484 e. The number of amides is 2. The van der Waals surface area contributed by atoms with Crippen LogP contribution in [0.2, 0.25) is 0 Å². The molecule has 0 radical (unpaired) electrons. The fourth-order valence-corrected chi connectivity index (χ4v) is 1.41. The minimum Gasteiger partial charge on any atom is -0.484 e. The minimum absolute atomic E-state index is 0.0437. The van der Waals surface area contributed by atoms with Gasteiger partial charge in [0.1, 0.15) is 5.75 Å². The minimum atomic E-state index is -0.497. The van der Waals surface area contributed by atoms with Crippen LogP contribution in [0.5, 0.6) is 5.75 Å². The quantitative estimate of drug-likeness (QED) is 0.588. The lowest BCUT2D eigenvalue weighted by molar-refractivity contribution is -0.142. The lowest BCUT2D eigenvalue weighted by Crippen LogP contribution is -2.43. The van der Waals surface area contributed by atoms with Crippen LogP contribution in [-0.4, -0.2) is 31.5 Å². The molecule has 0 heterocycles. The van der Waals surface area contributed by atoms with Gasteiger partial charge in [0.2, 0.25) is 5.91 Å². The zero-order chi connectivity index (χ0) is 15.7. The van der Waals surface area contributed by atoms with Crippen LogP contribution in [0, 0.1) is 6.92 Å². The lowest BCUT2D eigenvalue weighted by Gasteiger charge is -2.09. The van der Waals surface area contributed by atoms with Gasteiger partial charge in [-0.25, -0.2) is 0 Å². The lowest BCUT2D eigenvalue weighted by atomic mass is 10.2. The third-order valence-electron chi connectivity index (χ3n) is 2.48. The van der Waals surface area contributed by atoms with E-state index in [0.717, 1.165) is 5.56 Å². The van der Waals surface area contributed by atoms with Gasteiger partial charge in [-0.3, -0.25) is 25.2 Å². The first-order chi connectivity index (χ1) is 10.0. The van der Waals surface area contributed by atoms with E-state index in [0.29, 0.717) is 5.75 Å². The SMILES string of the molecule is COC(=O)CCC(=O)NNC(=O)COc1cccc(C)c1. The molecule has 0 atom stereocenters. The van der Waals surface area contributed by atoms with Gasteiger partial charge in [-0.1, -0.05) is 12.1 Å². The molecule has 0 fully saturated rings. The first-order valence-corrected chi connectivity index (χ1v) is 6.35. The Balaban J connectivity index is 2.22. The van der Waals surface area contributed by atoms with E-state index in [1.807, 2.05) is 19.1 Å². The number of methoxy groups -OCH3 is 1. The summed E-state index contributed by atoms with van der Waals surface area (Å²) in [6, 6.07) is 7.25. The van der Waals surface area contributed by atoms with E-state index >= 15 is 0 Å². The summed E-state index contributed by atoms with van der Waals surface area (Å²) < 4.78 is 9.66. The molecule has 114 valence electrons. The Morgan fingerprint density at radius 1 is 1.10 bits per heavy atom. The van der Waals surface area contributed by atoms with E-state index in [-0.39, 0.29) is 19.4 Å². The van der Waals surface area contributed by atoms with Crippen LogP contribution in [0.15, 0.2) is 24.3 Å². The Morgan fingerprint density at radius 2 is 1.81 bits per heavy atom. The Labute approximate surface area is 122 Å². The number of carbonyl (C=O) groups is 3. The maximum Gasteiger partial charge on any atom is 0.306 e. The second-order valence-corrected chi connectivity index (χ2v) is 4.28. The summed E-state index contributed by atoms with van der Waals surface area (Å²) in [6.45, 7) is 1.69. The smallest absolute Gasteiger partial charge is 0.306 e. The predicted molar refractivity (Wildman–Crippen MR) is 74.2 cm³/mol. The molecule has 0 bridgehead atoms. The van der Waals surface area contributed by atoms with Crippen LogP contribution in [0.4, 0.5) is 0 Å². The van der Waals surface area contributed by atoms with Crippen molar-refractivity contribution in [2.75, 3.05) is 13.7 Å². The van der Waals surface area contributed by atoms with Gasteiger partial charge in [0.25, 0.3) is 5.91 Å². The second-order valence-electron chi connectivity index (χ2n) is 4.28. The fraction of sp³-hybridized carbons (Fsp3) is 0.357. The number of aryl methyl sites for hydroxylation is 1. The molecular weight excluding hydrogens is 276 g/mol. The van der Waals surface area contributed by atoms with Gasteiger partial charge in [0.05, 0.1) is 13.5 Å². The third kappa shape index (κ3) is 6.95. The van der Waals surface area contributed by atoms with E-state index in [1.165, 1.54) is 7.11 Å². The number of hydrogen-bond donors (Lipinski definition) is 2. The number of carbonyl (C=O) groups excluding carboxylic acids is 3. The summed E-state index contributed by atoms with van der Waals surface area (Å²) in [6.07, 6.45) is -0.107. The van der Waals surface area contributed by atoms with Crippen LogP contribution in [-0.2, 0) is 19.1 Å². The van der Waals surface area contributed by atoms with Gasteiger partial charge >= 0.3 is 5.97 Å². The van der Waals surface area contributed by atoms with Crippen molar-refractivity contribution in [3.63, 3.8) is 0 Å². The van der Waals surface area contributed by atoms with Crippen LogP contribution >= 0.6 is 0 Å². The fourth-order valence-electron chi connectivity index (χ4n) is 1.41. The summed E-state index contributed by atoms with van der Waals surface area (Å²) in [5.41, 5.74) is 5.39. The molecule has 0 aliphatic rings. The highest BCUT2D eigenvalue weighted by Crippen LogP contribution is 2.11. The van der Waals surface area contributed by atoms with E-state index in [1.54, 1.807) is 12.1 Å². The molecule has 21 heavy (non-hydrogen) atoms. The molecule has 1 aromatic rings.